The van der Waals surface area contributed by atoms with Crippen LogP contribution in [0.4, 0.5) is 0 Å². The number of likely N-dealkylation sites (tertiary alicyclic amines) is 1. The molecule has 1 unspecified atom stereocenters. The molecule has 0 bridgehead atoms. The number of nitrogens with one attached hydrogen (secondary N) is 1. The molecular formula is C14H16N4O2. The van der Waals surface area contributed by atoms with Gasteiger partial charge in [0.15, 0.2) is 0 Å². The number of carbonyl (C=O) groups is 2. The van der Waals surface area contributed by atoms with E-state index in [0.29, 0.717) is 13.1 Å². The SMILES string of the molecule is NC(=O)C1CC(=O)N(CCc2ccc3cn[nH]c3c2)C1. The van der Waals surface area contributed by atoms with Crippen LogP contribution < -0.4 is 5.73 Å². The van der Waals surface area contributed by atoms with Gasteiger partial charge in [0.25, 0.3) is 0 Å². The highest BCUT2D eigenvalue weighted by molar-refractivity contribution is 5.88. The highest BCUT2D eigenvalue weighted by Crippen LogP contribution is 2.19. The molecule has 1 aromatic heterocycles. The molecule has 2 heterocycles. The minimum Gasteiger partial charge on any atom is -0.369 e. The van der Waals surface area contributed by atoms with Crippen LogP contribution in [-0.4, -0.2) is 40.0 Å². The van der Waals surface area contributed by atoms with E-state index >= 15 is 0 Å². The normalized spacial score (nSPS) is 18.9. The molecule has 0 saturated carbocycles. The molecule has 3 N–H and O–H groups in total. The summed E-state index contributed by atoms with van der Waals surface area (Å²) in [5.74, 6) is -0.714. The number of amides is 2. The van der Waals surface area contributed by atoms with Crippen LogP contribution in [0.3, 0.4) is 0 Å². The van der Waals surface area contributed by atoms with E-state index in [0.717, 1.165) is 22.9 Å². The van der Waals surface area contributed by atoms with Crippen molar-refractivity contribution in [3.05, 3.63) is 30.0 Å². The summed E-state index contributed by atoms with van der Waals surface area (Å²) < 4.78 is 0. The molecule has 2 amide bonds. The van der Waals surface area contributed by atoms with Crippen molar-refractivity contribution in [1.29, 1.82) is 0 Å². The first-order valence-corrected chi connectivity index (χ1v) is 6.62. The molecular weight excluding hydrogens is 256 g/mol. The number of hydrogen-bond donors (Lipinski definition) is 2. The molecule has 1 aromatic carbocycles. The van der Waals surface area contributed by atoms with E-state index in [9.17, 15) is 9.59 Å². The van der Waals surface area contributed by atoms with Crippen LogP contribution in [0.2, 0.25) is 0 Å². The lowest BCUT2D eigenvalue weighted by molar-refractivity contribution is -0.128. The second-order valence-corrected chi connectivity index (χ2v) is 5.18. The van der Waals surface area contributed by atoms with Gasteiger partial charge in [0.1, 0.15) is 0 Å². The molecule has 6 heteroatoms. The van der Waals surface area contributed by atoms with E-state index in [-0.39, 0.29) is 24.2 Å². The van der Waals surface area contributed by atoms with Gasteiger partial charge in [-0.3, -0.25) is 14.7 Å². The van der Waals surface area contributed by atoms with Gasteiger partial charge in [-0.05, 0) is 18.1 Å². The maximum atomic E-state index is 11.8. The fourth-order valence-corrected chi connectivity index (χ4v) is 2.58. The minimum absolute atomic E-state index is 0.0106. The second-order valence-electron chi connectivity index (χ2n) is 5.18. The number of hydrogen-bond acceptors (Lipinski definition) is 3. The Bertz CT molecular complexity index is 664. The van der Waals surface area contributed by atoms with Gasteiger partial charge >= 0.3 is 0 Å². The van der Waals surface area contributed by atoms with Gasteiger partial charge in [-0.25, -0.2) is 0 Å². The summed E-state index contributed by atoms with van der Waals surface area (Å²) in [6.45, 7) is 1.06. The molecule has 0 spiro atoms. The number of fused-ring (bicyclic) bond motifs is 1. The monoisotopic (exact) mass is 272 g/mol. The summed E-state index contributed by atoms with van der Waals surface area (Å²) in [6.07, 6.45) is 2.78. The van der Waals surface area contributed by atoms with Gasteiger partial charge in [0.2, 0.25) is 11.8 Å². The Labute approximate surface area is 115 Å². The van der Waals surface area contributed by atoms with Crippen LogP contribution >= 0.6 is 0 Å². The molecule has 6 nitrogen and oxygen atoms in total. The van der Waals surface area contributed by atoms with Gasteiger partial charge in [-0.2, -0.15) is 5.10 Å². The molecule has 2 aromatic rings. The van der Waals surface area contributed by atoms with E-state index in [4.69, 9.17) is 5.73 Å². The Kier molecular flexibility index (Phi) is 3.14. The summed E-state index contributed by atoms with van der Waals surface area (Å²) in [6, 6.07) is 6.07. The Balaban J connectivity index is 1.64. The standard InChI is InChI=1S/C14H16N4O2/c15-14(20)11-6-13(19)18(8-11)4-3-9-1-2-10-7-16-17-12(10)5-9/h1-2,5,7,11H,3-4,6,8H2,(H2,15,20)(H,16,17). The zero-order chi connectivity index (χ0) is 14.1. The molecule has 1 saturated heterocycles. The van der Waals surface area contributed by atoms with E-state index in [1.165, 1.54) is 0 Å². The number of aromatic nitrogens is 2. The summed E-state index contributed by atoms with van der Waals surface area (Å²) in [7, 11) is 0. The van der Waals surface area contributed by atoms with Gasteiger partial charge in [-0.15, -0.1) is 0 Å². The van der Waals surface area contributed by atoms with Crippen molar-refractivity contribution in [2.75, 3.05) is 13.1 Å². The highest BCUT2D eigenvalue weighted by atomic mass is 16.2. The second kappa shape index (κ2) is 4.96. The molecule has 20 heavy (non-hydrogen) atoms. The fraction of sp³-hybridized carbons (Fsp3) is 0.357. The number of aromatic amines is 1. The Morgan fingerprint density at radius 3 is 3.10 bits per heavy atom. The van der Waals surface area contributed by atoms with Crippen molar-refractivity contribution in [3.63, 3.8) is 0 Å². The van der Waals surface area contributed by atoms with Gasteiger partial charge in [0, 0.05) is 24.9 Å². The van der Waals surface area contributed by atoms with E-state index < -0.39 is 0 Å². The number of nitrogens with two attached hydrogens (primary N) is 1. The number of benzene rings is 1. The third-order valence-electron chi connectivity index (χ3n) is 3.79. The predicted octanol–water partition coefficient (Wildman–Crippen LogP) is 0.439. The average molecular weight is 272 g/mol. The smallest absolute Gasteiger partial charge is 0.223 e. The van der Waals surface area contributed by atoms with Crippen molar-refractivity contribution in [2.24, 2.45) is 11.7 Å². The summed E-state index contributed by atoms with van der Waals surface area (Å²) >= 11 is 0. The number of carbonyl (C=O) groups excluding carboxylic acids is 2. The van der Waals surface area contributed by atoms with Gasteiger partial charge < -0.3 is 10.6 Å². The lowest BCUT2D eigenvalue weighted by Crippen LogP contribution is -2.30. The maximum absolute atomic E-state index is 11.8. The first-order chi connectivity index (χ1) is 9.63. The highest BCUT2D eigenvalue weighted by Gasteiger charge is 2.32. The number of H-pyrrole nitrogens is 1. The van der Waals surface area contributed by atoms with E-state index in [1.807, 2.05) is 18.2 Å². The third kappa shape index (κ3) is 2.36. The van der Waals surface area contributed by atoms with Crippen molar-refractivity contribution < 1.29 is 9.59 Å². The molecule has 1 atom stereocenters. The topological polar surface area (TPSA) is 92.1 Å². The number of primary amides is 1. The number of nitrogens with zero attached hydrogens (tertiary/aromatic N) is 2. The minimum atomic E-state index is -0.389. The largest absolute Gasteiger partial charge is 0.369 e. The molecule has 1 fully saturated rings. The molecule has 0 aliphatic carbocycles. The summed E-state index contributed by atoms with van der Waals surface area (Å²) in [5, 5.41) is 7.98. The average Bonchev–Trinajstić information content (AvgIpc) is 3.02. The molecule has 3 rings (SSSR count). The maximum Gasteiger partial charge on any atom is 0.223 e. The van der Waals surface area contributed by atoms with Crippen molar-refractivity contribution in [2.45, 2.75) is 12.8 Å². The molecule has 104 valence electrons. The van der Waals surface area contributed by atoms with Crippen molar-refractivity contribution >= 4 is 22.7 Å². The van der Waals surface area contributed by atoms with E-state index in [2.05, 4.69) is 10.2 Å². The van der Waals surface area contributed by atoms with Crippen LogP contribution in [0.15, 0.2) is 24.4 Å². The molecule has 1 aliphatic rings. The first kappa shape index (κ1) is 12.7. The van der Waals surface area contributed by atoms with Crippen LogP contribution in [0.5, 0.6) is 0 Å². The Morgan fingerprint density at radius 2 is 2.35 bits per heavy atom. The number of rotatable bonds is 4. The fourth-order valence-electron chi connectivity index (χ4n) is 2.58. The summed E-state index contributed by atoms with van der Waals surface area (Å²) in [4.78, 5) is 24.6. The summed E-state index contributed by atoms with van der Waals surface area (Å²) in [5.41, 5.74) is 7.38. The lowest BCUT2D eigenvalue weighted by Gasteiger charge is -2.15. The Morgan fingerprint density at radius 1 is 1.50 bits per heavy atom. The zero-order valence-electron chi connectivity index (χ0n) is 11.0. The first-order valence-electron chi connectivity index (χ1n) is 6.62. The van der Waals surface area contributed by atoms with Gasteiger partial charge in [0.05, 0.1) is 17.6 Å². The third-order valence-corrected chi connectivity index (χ3v) is 3.79. The lowest BCUT2D eigenvalue weighted by atomic mass is 10.1. The van der Waals surface area contributed by atoms with Crippen LogP contribution in [0, 0.1) is 5.92 Å². The van der Waals surface area contributed by atoms with Gasteiger partial charge in [-0.1, -0.05) is 12.1 Å². The van der Waals surface area contributed by atoms with Crippen molar-refractivity contribution in [1.82, 2.24) is 15.1 Å². The van der Waals surface area contributed by atoms with Crippen LogP contribution in [0.25, 0.3) is 10.9 Å². The van der Waals surface area contributed by atoms with Crippen molar-refractivity contribution in [3.8, 4) is 0 Å². The predicted molar refractivity (Wildman–Crippen MR) is 73.7 cm³/mol. The Hall–Kier alpha value is -2.37. The molecule has 1 aliphatic heterocycles. The van der Waals surface area contributed by atoms with E-state index in [1.54, 1.807) is 11.1 Å². The molecule has 0 radical (unpaired) electrons. The quantitative estimate of drug-likeness (QED) is 0.845. The van der Waals surface area contributed by atoms with Crippen LogP contribution in [0.1, 0.15) is 12.0 Å². The van der Waals surface area contributed by atoms with Crippen LogP contribution in [-0.2, 0) is 16.0 Å². The zero-order valence-corrected chi connectivity index (χ0v) is 11.0.